The van der Waals surface area contributed by atoms with Crippen molar-refractivity contribution < 1.29 is 14.3 Å². The molecule has 0 aromatic heterocycles. The number of carbonyl (C=O) groups is 2. The Kier molecular flexibility index (Phi) is 7.59. The van der Waals surface area contributed by atoms with E-state index in [0.29, 0.717) is 36.6 Å². The van der Waals surface area contributed by atoms with Crippen LogP contribution in [0.3, 0.4) is 0 Å². The van der Waals surface area contributed by atoms with Gasteiger partial charge in [-0.2, -0.15) is 0 Å². The molecule has 0 spiro atoms. The Bertz CT molecular complexity index is 734. The van der Waals surface area contributed by atoms with Crippen LogP contribution >= 0.6 is 12.4 Å². The Morgan fingerprint density at radius 1 is 1.00 bits per heavy atom. The first-order valence-corrected chi connectivity index (χ1v) is 8.29. The molecule has 1 aliphatic heterocycles. The molecular formula is C19H22ClN3O3. The van der Waals surface area contributed by atoms with Gasteiger partial charge in [0, 0.05) is 24.6 Å². The molecule has 0 radical (unpaired) electrons. The van der Waals surface area contributed by atoms with Gasteiger partial charge in [-0.3, -0.25) is 9.59 Å². The first-order valence-electron chi connectivity index (χ1n) is 8.29. The van der Waals surface area contributed by atoms with Crippen LogP contribution in [0.1, 0.15) is 16.8 Å². The van der Waals surface area contributed by atoms with Crippen LogP contribution < -0.4 is 16.0 Å². The van der Waals surface area contributed by atoms with Crippen molar-refractivity contribution in [3.8, 4) is 0 Å². The van der Waals surface area contributed by atoms with Gasteiger partial charge < -0.3 is 20.7 Å². The van der Waals surface area contributed by atoms with Gasteiger partial charge in [0.15, 0.2) is 0 Å². The zero-order chi connectivity index (χ0) is 17.5. The number of benzene rings is 2. The van der Waals surface area contributed by atoms with Gasteiger partial charge in [0.25, 0.3) is 5.91 Å². The molecule has 0 saturated carbocycles. The minimum Gasteiger partial charge on any atom is -0.378 e. The molecular weight excluding hydrogens is 354 g/mol. The van der Waals surface area contributed by atoms with Crippen LogP contribution in [-0.2, 0) is 9.53 Å². The van der Waals surface area contributed by atoms with E-state index < -0.39 is 0 Å². The van der Waals surface area contributed by atoms with Crippen LogP contribution in [0, 0.1) is 0 Å². The van der Waals surface area contributed by atoms with E-state index in [1.807, 2.05) is 30.3 Å². The summed E-state index contributed by atoms with van der Waals surface area (Å²) < 4.78 is 5.36. The number of anilines is 2. The van der Waals surface area contributed by atoms with E-state index in [4.69, 9.17) is 4.74 Å². The van der Waals surface area contributed by atoms with Gasteiger partial charge >= 0.3 is 0 Å². The molecule has 1 aliphatic rings. The Morgan fingerprint density at radius 2 is 1.65 bits per heavy atom. The SMILES string of the molecule is Cl.O=C(CC1COCCN1)Nc1ccccc1NC(=O)c1ccccc1. The predicted octanol–water partition coefficient (Wildman–Crippen LogP) is 2.68. The molecule has 138 valence electrons. The molecule has 6 nitrogen and oxygen atoms in total. The van der Waals surface area contributed by atoms with Crippen molar-refractivity contribution in [2.45, 2.75) is 12.5 Å². The van der Waals surface area contributed by atoms with E-state index >= 15 is 0 Å². The molecule has 26 heavy (non-hydrogen) atoms. The smallest absolute Gasteiger partial charge is 0.255 e. The fourth-order valence-corrected chi connectivity index (χ4v) is 2.66. The highest BCUT2D eigenvalue weighted by Gasteiger charge is 2.18. The number of para-hydroxylation sites is 2. The Balaban J connectivity index is 0.00000243. The molecule has 7 heteroatoms. The number of nitrogens with one attached hydrogen (secondary N) is 3. The topological polar surface area (TPSA) is 79.5 Å². The highest BCUT2D eigenvalue weighted by molar-refractivity contribution is 6.07. The highest BCUT2D eigenvalue weighted by atomic mass is 35.5. The molecule has 1 fully saturated rings. The van der Waals surface area contributed by atoms with Crippen LogP contribution in [0.2, 0.25) is 0 Å². The lowest BCUT2D eigenvalue weighted by Gasteiger charge is -2.23. The van der Waals surface area contributed by atoms with Crippen LogP contribution in [-0.4, -0.2) is 37.6 Å². The maximum Gasteiger partial charge on any atom is 0.255 e. The average Bonchev–Trinajstić information content (AvgIpc) is 2.65. The summed E-state index contributed by atoms with van der Waals surface area (Å²) in [5.74, 6) is -0.339. The molecule has 1 unspecified atom stereocenters. The van der Waals surface area contributed by atoms with Crippen LogP contribution in [0.4, 0.5) is 11.4 Å². The summed E-state index contributed by atoms with van der Waals surface area (Å²) in [6.45, 7) is 1.95. The Morgan fingerprint density at radius 3 is 2.31 bits per heavy atom. The summed E-state index contributed by atoms with van der Waals surface area (Å²) in [5, 5.41) is 8.96. The van der Waals surface area contributed by atoms with Gasteiger partial charge in [-0.25, -0.2) is 0 Å². The van der Waals surface area contributed by atoms with E-state index in [1.165, 1.54) is 0 Å². The Hall–Kier alpha value is -2.41. The zero-order valence-electron chi connectivity index (χ0n) is 14.2. The van der Waals surface area contributed by atoms with E-state index in [9.17, 15) is 9.59 Å². The molecule has 1 heterocycles. The fourth-order valence-electron chi connectivity index (χ4n) is 2.66. The number of carbonyl (C=O) groups excluding carboxylic acids is 2. The average molecular weight is 376 g/mol. The summed E-state index contributed by atoms with van der Waals surface area (Å²) in [6.07, 6.45) is 0.320. The second-order valence-electron chi connectivity index (χ2n) is 5.84. The van der Waals surface area contributed by atoms with E-state index in [-0.39, 0.29) is 30.3 Å². The van der Waals surface area contributed by atoms with Crippen molar-refractivity contribution in [3.63, 3.8) is 0 Å². The van der Waals surface area contributed by atoms with Crippen LogP contribution in [0.15, 0.2) is 54.6 Å². The van der Waals surface area contributed by atoms with Gasteiger partial charge in [-0.15, -0.1) is 12.4 Å². The third-order valence-electron chi connectivity index (χ3n) is 3.92. The van der Waals surface area contributed by atoms with Gasteiger partial charge in [0.2, 0.25) is 5.91 Å². The predicted molar refractivity (Wildman–Crippen MR) is 104 cm³/mol. The minimum absolute atomic E-state index is 0. The lowest BCUT2D eigenvalue weighted by Crippen LogP contribution is -2.43. The number of ether oxygens (including phenoxy) is 1. The first-order chi connectivity index (χ1) is 12.2. The molecule has 2 aromatic rings. The molecule has 3 N–H and O–H groups in total. The molecule has 3 rings (SSSR count). The number of halogens is 1. The number of hydrogen-bond donors (Lipinski definition) is 3. The fraction of sp³-hybridized carbons (Fsp3) is 0.263. The summed E-state index contributed by atoms with van der Waals surface area (Å²) >= 11 is 0. The van der Waals surface area contributed by atoms with E-state index in [0.717, 1.165) is 6.54 Å². The van der Waals surface area contributed by atoms with Gasteiger partial charge in [0.05, 0.1) is 24.6 Å². The van der Waals surface area contributed by atoms with Gasteiger partial charge in [-0.1, -0.05) is 30.3 Å². The molecule has 2 aromatic carbocycles. The van der Waals surface area contributed by atoms with E-state index in [1.54, 1.807) is 24.3 Å². The van der Waals surface area contributed by atoms with Crippen molar-refractivity contribution >= 4 is 35.6 Å². The number of rotatable bonds is 5. The standard InChI is InChI=1S/C19H21N3O3.ClH/c23-18(12-15-13-25-11-10-20-15)21-16-8-4-5-9-17(16)22-19(24)14-6-2-1-3-7-14;/h1-9,15,20H,10-13H2,(H,21,23)(H,22,24);1H. The van der Waals surface area contributed by atoms with Crippen molar-refractivity contribution in [1.82, 2.24) is 5.32 Å². The van der Waals surface area contributed by atoms with Crippen LogP contribution in [0.5, 0.6) is 0 Å². The minimum atomic E-state index is -0.218. The monoisotopic (exact) mass is 375 g/mol. The molecule has 2 amide bonds. The van der Waals surface area contributed by atoms with Gasteiger partial charge in [-0.05, 0) is 24.3 Å². The summed E-state index contributed by atoms with van der Waals surface area (Å²) in [7, 11) is 0. The highest BCUT2D eigenvalue weighted by Crippen LogP contribution is 2.22. The maximum atomic E-state index is 12.3. The Labute approximate surface area is 158 Å². The molecule has 1 saturated heterocycles. The molecule has 0 bridgehead atoms. The summed E-state index contributed by atoms with van der Waals surface area (Å²) in [5.41, 5.74) is 1.71. The summed E-state index contributed by atoms with van der Waals surface area (Å²) in [4.78, 5) is 24.6. The number of hydrogen-bond acceptors (Lipinski definition) is 4. The lowest BCUT2D eigenvalue weighted by atomic mass is 10.1. The second-order valence-corrected chi connectivity index (χ2v) is 5.84. The normalized spacial score (nSPS) is 16.2. The largest absolute Gasteiger partial charge is 0.378 e. The third kappa shape index (κ3) is 5.56. The maximum absolute atomic E-state index is 12.3. The lowest BCUT2D eigenvalue weighted by molar-refractivity contribution is -0.117. The van der Waals surface area contributed by atoms with Gasteiger partial charge in [0.1, 0.15) is 0 Å². The van der Waals surface area contributed by atoms with E-state index in [2.05, 4.69) is 16.0 Å². The van der Waals surface area contributed by atoms with Crippen molar-refractivity contribution in [3.05, 3.63) is 60.2 Å². The second kappa shape index (κ2) is 9.91. The van der Waals surface area contributed by atoms with Crippen LogP contribution in [0.25, 0.3) is 0 Å². The molecule has 1 atom stereocenters. The third-order valence-corrected chi connectivity index (χ3v) is 3.92. The number of amides is 2. The zero-order valence-corrected chi connectivity index (χ0v) is 15.1. The first kappa shape index (κ1) is 19.9. The van der Waals surface area contributed by atoms with Crippen molar-refractivity contribution in [2.75, 3.05) is 30.4 Å². The number of morpholine rings is 1. The molecule has 0 aliphatic carbocycles. The van der Waals surface area contributed by atoms with Crippen molar-refractivity contribution in [1.29, 1.82) is 0 Å². The quantitative estimate of drug-likeness (QED) is 0.750. The summed E-state index contributed by atoms with van der Waals surface area (Å²) in [6, 6.07) is 16.1. The van der Waals surface area contributed by atoms with Crippen molar-refractivity contribution in [2.24, 2.45) is 0 Å².